The second kappa shape index (κ2) is 5.42. The first-order chi connectivity index (χ1) is 10.5. The van der Waals surface area contributed by atoms with Crippen LogP contribution >= 0.6 is 0 Å². The van der Waals surface area contributed by atoms with Gasteiger partial charge in [-0.15, -0.1) is 5.10 Å². The molecule has 7 heteroatoms. The van der Waals surface area contributed by atoms with E-state index in [0.29, 0.717) is 5.65 Å². The maximum atomic E-state index is 12.5. The minimum Gasteiger partial charge on any atom is -0.246 e. The van der Waals surface area contributed by atoms with Gasteiger partial charge in [-0.25, -0.2) is 17.7 Å². The van der Waals surface area contributed by atoms with Crippen LogP contribution in [0.15, 0.2) is 53.6 Å². The minimum absolute atomic E-state index is 0.0566. The van der Waals surface area contributed by atoms with Gasteiger partial charge in [0.25, 0.3) is 16.0 Å². The summed E-state index contributed by atoms with van der Waals surface area (Å²) in [7, 11) is -3.71. The Bertz CT molecular complexity index is 883. The third kappa shape index (κ3) is 2.80. The zero-order valence-corrected chi connectivity index (χ0v) is 13.1. The second-order valence-corrected chi connectivity index (χ2v) is 6.95. The molecule has 0 radical (unpaired) electrons. The highest BCUT2D eigenvalue weighted by Gasteiger charge is 2.17. The van der Waals surface area contributed by atoms with E-state index in [2.05, 4.69) is 14.8 Å². The largest absolute Gasteiger partial charge is 0.264 e. The van der Waals surface area contributed by atoms with Gasteiger partial charge >= 0.3 is 0 Å². The number of sulfonamides is 1. The molecular weight excluding hydrogens is 300 g/mol. The number of rotatable bonds is 4. The molecule has 3 rings (SSSR count). The van der Waals surface area contributed by atoms with Crippen LogP contribution in [-0.2, 0) is 10.0 Å². The smallest absolute Gasteiger partial charge is 0.246 e. The molecule has 0 aliphatic heterocycles. The van der Waals surface area contributed by atoms with Crippen LogP contribution in [0.1, 0.15) is 25.3 Å². The predicted molar refractivity (Wildman–Crippen MR) is 84.3 cm³/mol. The van der Waals surface area contributed by atoms with Crippen molar-refractivity contribution in [1.82, 2.24) is 14.6 Å². The van der Waals surface area contributed by atoms with Crippen LogP contribution in [0.2, 0.25) is 0 Å². The molecule has 114 valence electrons. The molecule has 2 aromatic heterocycles. The van der Waals surface area contributed by atoms with Crippen molar-refractivity contribution < 1.29 is 8.42 Å². The molecule has 0 bridgehead atoms. The highest BCUT2D eigenvalue weighted by Crippen LogP contribution is 2.20. The summed E-state index contributed by atoms with van der Waals surface area (Å²) in [4.78, 5) is 4.35. The van der Waals surface area contributed by atoms with E-state index in [-0.39, 0.29) is 16.8 Å². The standard InChI is InChI=1S/C15H16N4O2S/c1-11(2)12-6-5-7-13(10-12)22(20,21)18-15-16-14-8-3-4-9-19(14)17-15/h3-11H,1-2H3,(H,17,18). The normalized spacial score (nSPS) is 12.0. The molecule has 3 aromatic rings. The molecule has 0 fully saturated rings. The number of aromatic nitrogens is 3. The highest BCUT2D eigenvalue weighted by molar-refractivity contribution is 7.92. The summed E-state index contributed by atoms with van der Waals surface area (Å²) in [5.74, 6) is 0.310. The molecular formula is C15H16N4O2S. The molecule has 1 N–H and O–H groups in total. The van der Waals surface area contributed by atoms with Gasteiger partial charge in [0.1, 0.15) is 0 Å². The Hall–Kier alpha value is -2.41. The number of anilines is 1. The van der Waals surface area contributed by atoms with E-state index in [1.165, 1.54) is 4.52 Å². The van der Waals surface area contributed by atoms with E-state index in [4.69, 9.17) is 0 Å². The number of hydrogen-bond acceptors (Lipinski definition) is 4. The topological polar surface area (TPSA) is 76.4 Å². The van der Waals surface area contributed by atoms with Gasteiger partial charge in [0.15, 0.2) is 5.65 Å². The van der Waals surface area contributed by atoms with E-state index >= 15 is 0 Å². The summed E-state index contributed by atoms with van der Waals surface area (Å²) in [6.07, 6.45) is 1.71. The third-order valence-corrected chi connectivity index (χ3v) is 4.63. The van der Waals surface area contributed by atoms with Crippen molar-refractivity contribution in [2.45, 2.75) is 24.7 Å². The first-order valence-electron chi connectivity index (χ1n) is 6.90. The molecule has 0 unspecified atom stereocenters. The number of nitrogens with zero attached hydrogens (tertiary/aromatic N) is 3. The van der Waals surface area contributed by atoms with Gasteiger partial charge < -0.3 is 0 Å². The zero-order chi connectivity index (χ0) is 15.7. The van der Waals surface area contributed by atoms with Crippen LogP contribution in [0.3, 0.4) is 0 Å². The quantitative estimate of drug-likeness (QED) is 0.803. The van der Waals surface area contributed by atoms with Gasteiger partial charge in [-0.05, 0) is 35.7 Å². The molecule has 0 saturated heterocycles. The zero-order valence-electron chi connectivity index (χ0n) is 12.3. The average Bonchev–Trinajstić information content (AvgIpc) is 2.88. The summed E-state index contributed by atoms with van der Waals surface area (Å²) in [5.41, 5.74) is 1.54. The Balaban J connectivity index is 1.94. The molecule has 1 aromatic carbocycles. The molecule has 6 nitrogen and oxygen atoms in total. The third-order valence-electron chi connectivity index (χ3n) is 3.30. The Labute approximate surface area is 128 Å². The SMILES string of the molecule is CC(C)c1cccc(S(=O)(=O)Nc2nc3ccccn3n2)c1. The van der Waals surface area contributed by atoms with Crippen LogP contribution in [0.5, 0.6) is 0 Å². The molecule has 0 amide bonds. The lowest BCUT2D eigenvalue weighted by Gasteiger charge is -2.09. The monoisotopic (exact) mass is 316 g/mol. The van der Waals surface area contributed by atoms with E-state index in [1.54, 1.807) is 36.5 Å². The summed E-state index contributed by atoms with van der Waals surface area (Å²) >= 11 is 0. The Kier molecular flexibility index (Phi) is 3.58. The van der Waals surface area contributed by atoms with Crippen molar-refractivity contribution in [1.29, 1.82) is 0 Å². The fourth-order valence-corrected chi connectivity index (χ4v) is 3.09. The summed E-state index contributed by atoms with van der Waals surface area (Å²) in [5, 5.41) is 4.10. The summed E-state index contributed by atoms with van der Waals surface area (Å²) < 4.78 is 28.8. The first kappa shape index (κ1) is 14.5. The molecule has 0 saturated carbocycles. The lowest BCUT2D eigenvalue weighted by atomic mass is 10.0. The summed E-state index contributed by atoms with van der Waals surface area (Å²) in [6.45, 7) is 4.03. The number of benzene rings is 1. The number of nitrogens with one attached hydrogen (secondary N) is 1. The van der Waals surface area contributed by atoms with Crippen molar-refractivity contribution in [2.75, 3.05) is 4.72 Å². The van der Waals surface area contributed by atoms with Crippen LogP contribution in [0.25, 0.3) is 5.65 Å². The molecule has 22 heavy (non-hydrogen) atoms. The van der Waals surface area contributed by atoms with Crippen molar-refractivity contribution in [3.63, 3.8) is 0 Å². The summed E-state index contributed by atoms with van der Waals surface area (Å²) in [6, 6.07) is 12.2. The number of fused-ring (bicyclic) bond motifs is 1. The van der Waals surface area contributed by atoms with Crippen molar-refractivity contribution >= 4 is 21.6 Å². The van der Waals surface area contributed by atoms with Crippen molar-refractivity contribution in [3.8, 4) is 0 Å². The Morgan fingerprint density at radius 3 is 2.68 bits per heavy atom. The molecule has 0 atom stereocenters. The van der Waals surface area contributed by atoms with Gasteiger partial charge in [-0.2, -0.15) is 4.98 Å². The Morgan fingerprint density at radius 2 is 1.95 bits per heavy atom. The Morgan fingerprint density at radius 1 is 1.14 bits per heavy atom. The van der Waals surface area contributed by atoms with Gasteiger partial charge in [-0.3, -0.25) is 0 Å². The van der Waals surface area contributed by atoms with Crippen LogP contribution in [-0.4, -0.2) is 23.0 Å². The van der Waals surface area contributed by atoms with Gasteiger partial charge in [0.2, 0.25) is 0 Å². The molecule has 2 heterocycles. The fourth-order valence-electron chi connectivity index (χ4n) is 2.09. The van der Waals surface area contributed by atoms with Crippen LogP contribution in [0.4, 0.5) is 5.95 Å². The van der Waals surface area contributed by atoms with Crippen molar-refractivity contribution in [2.24, 2.45) is 0 Å². The van der Waals surface area contributed by atoms with Crippen LogP contribution < -0.4 is 4.72 Å². The van der Waals surface area contributed by atoms with E-state index < -0.39 is 10.0 Å². The second-order valence-electron chi connectivity index (χ2n) is 5.27. The fraction of sp³-hybridized carbons (Fsp3) is 0.200. The number of pyridine rings is 1. The van der Waals surface area contributed by atoms with Crippen molar-refractivity contribution in [3.05, 3.63) is 54.2 Å². The minimum atomic E-state index is -3.71. The van der Waals surface area contributed by atoms with Gasteiger partial charge in [-0.1, -0.05) is 32.0 Å². The lowest BCUT2D eigenvalue weighted by molar-refractivity contribution is 0.600. The van der Waals surface area contributed by atoms with Gasteiger partial charge in [0.05, 0.1) is 4.90 Å². The van der Waals surface area contributed by atoms with E-state index in [1.807, 2.05) is 26.0 Å². The molecule has 0 aliphatic rings. The maximum Gasteiger partial charge on any atom is 0.264 e. The van der Waals surface area contributed by atoms with E-state index in [9.17, 15) is 8.42 Å². The maximum absolute atomic E-state index is 12.5. The van der Waals surface area contributed by atoms with Crippen LogP contribution in [0, 0.1) is 0 Å². The average molecular weight is 316 g/mol. The van der Waals surface area contributed by atoms with Gasteiger partial charge in [0, 0.05) is 6.20 Å². The van der Waals surface area contributed by atoms with E-state index in [0.717, 1.165) is 5.56 Å². The molecule has 0 aliphatic carbocycles. The lowest BCUT2D eigenvalue weighted by Crippen LogP contribution is -2.14. The first-order valence-corrected chi connectivity index (χ1v) is 8.38. The predicted octanol–water partition coefficient (Wildman–Crippen LogP) is 2.65. The highest BCUT2D eigenvalue weighted by atomic mass is 32.2. The molecule has 0 spiro atoms. The number of hydrogen-bond donors (Lipinski definition) is 1.